The number of benzene rings is 1. The average molecular weight is 466 g/mol. The molecule has 3 atom stereocenters. The zero-order chi connectivity index (χ0) is 24.2. The highest BCUT2D eigenvalue weighted by atomic mass is 16.2. The van der Waals surface area contributed by atoms with Crippen molar-refractivity contribution in [2.45, 2.75) is 71.4 Å². The largest absolute Gasteiger partial charge is 0.350 e. The number of nitrogens with zero attached hydrogens (tertiary/aromatic N) is 1. The summed E-state index contributed by atoms with van der Waals surface area (Å²) in [4.78, 5) is 53.0. The molecule has 0 bridgehead atoms. The van der Waals surface area contributed by atoms with Gasteiger partial charge in [-0.25, -0.2) is 0 Å². The highest BCUT2D eigenvalue weighted by molar-refractivity contribution is 6.08. The normalized spacial score (nSPS) is 23.3. The summed E-state index contributed by atoms with van der Waals surface area (Å²) in [6.45, 7) is 4.22. The molecule has 7 nitrogen and oxygen atoms in total. The topological polar surface area (TPSA) is 95.6 Å². The molecule has 0 radical (unpaired) electrons. The third-order valence-electron chi connectivity index (χ3n) is 7.24. The van der Waals surface area contributed by atoms with Crippen molar-refractivity contribution in [3.63, 3.8) is 0 Å². The van der Waals surface area contributed by atoms with Gasteiger partial charge in [0.1, 0.15) is 6.04 Å². The molecule has 7 heteroatoms. The van der Waals surface area contributed by atoms with Gasteiger partial charge in [0.15, 0.2) is 0 Å². The molecule has 2 N–H and O–H groups in total. The summed E-state index contributed by atoms with van der Waals surface area (Å²) in [5, 5.41) is 5.92. The van der Waals surface area contributed by atoms with E-state index >= 15 is 0 Å². The van der Waals surface area contributed by atoms with Crippen molar-refractivity contribution in [2.24, 2.45) is 23.7 Å². The van der Waals surface area contributed by atoms with E-state index in [2.05, 4.69) is 10.6 Å². The number of imide groups is 1. The molecular weight excluding hydrogens is 430 g/mol. The SMILES string of the molecule is CC(C)CC(C(=O)NCc1cccc(NC(=O)C2CCCC2)c1)N1C(=O)C2CC=CCC2C1=O. The molecule has 0 aromatic heterocycles. The van der Waals surface area contributed by atoms with E-state index < -0.39 is 6.04 Å². The van der Waals surface area contributed by atoms with Crippen molar-refractivity contribution < 1.29 is 19.2 Å². The van der Waals surface area contributed by atoms with E-state index in [9.17, 15) is 19.2 Å². The number of nitrogens with one attached hydrogen (secondary N) is 2. The van der Waals surface area contributed by atoms with Crippen LogP contribution in [0, 0.1) is 23.7 Å². The zero-order valence-corrected chi connectivity index (χ0v) is 20.1. The van der Waals surface area contributed by atoms with Gasteiger partial charge in [0.05, 0.1) is 11.8 Å². The van der Waals surface area contributed by atoms with Gasteiger partial charge in [-0.05, 0) is 55.7 Å². The Morgan fingerprint density at radius 3 is 2.29 bits per heavy atom. The molecule has 1 saturated heterocycles. The van der Waals surface area contributed by atoms with Gasteiger partial charge in [-0.1, -0.05) is 51.0 Å². The number of allylic oxidation sites excluding steroid dienone is 2. The highest BCUT2D eigenvalue weighted by Crippen LogP contribution is 2.37. The molecule has 34 heavy (non-hydrogen) atoms. The molecule has 3 aliphatic rings. The van der Waals surface area contributed by atoms with Crippen molar-refractivity contribution in [1.29, 1.82) is 0 Å². The molecule has 4 amide bonds. The van der Waals surface area contributed by atoms with E-state index in [-0.39, 0.29) is 53.8 Å². The molecular formula is C27H35N3O4. The first kappa shape index (κ1) is 24.2. The third kappa shape index (κ3) is 5.24. The third-order valence-corrected chi connectivity index (χ3v) is 7.24. The van der Waals surface area contributed by atoms with Gasteiger partial charge in [0.25, 0.3) is 0 Å². The molecule has 1 heterocycles. The highest BCUT2D eigenvalue weighted by Gasteiger charge is 2.51. The molecule has 1 aliphatic heterocycles. The van der Waals surface area contributed by atoms with E-state index in [1.165, 1.54) is 4.90 Å². The van der Waals surface area contributed by atoms with Crippen LogP contribution in [0.1, 0.15) is 64.4 Å². The van der Waals surface area contributed by atoms with Crippen LogP contribution < -0.4 is 10.6 Å². The second-order valence-electron chi connectivity index (χ2n) is 10.2. The number of fused-ring (bicyclic) bond motifs is 1. The Labute approximate surface area is 201 Å². The molecule has 2 fully saturated rings. The van der Waals surface area contributed by atoms with Crippen molar-refractivity contribution in [2.75, 3.05) is 5.32 Å². The van der Waals surface area contributed by atoms with Crippen LogP contribution in [0.15, 0.2) is 36.4 Å². The summed E-state index contributed by atoms with van der Waals surface area (Å²) in [5.74, 6) is -1.19. The van der Waals surface area contributed by atoms with Crippen molar-refractivity contribution >= 4 is 29.3 Å². The van der Waals surface area contributed by atoms with Gasteiger partial charge in [0.2, 0.25) is 23.6 Å². The number of hydrogen-bond acceptors (Lipinski definition) is 4. The van der Waals surface area contributed by atoms with E-state index in [4.69, 9.17) is 0 Å². The minimum absolute atomic E-state index is 0.0534. The minimum atomic E-state index is -0.809. The van der Waals surface area contributed by atoms with E-state index in [1.54, 1.807) is 0 Å². The summed E-state index contributed by atoms with van der Waals surface area (Å²) < 4.78 is 0. The molecule has 1 saturated carbocycles. The van der Waals surface area contributed by atoms with Crippen LogP contribution in [0.2, 0.25) is 0 Å². The van der Waals surface area contributed by atoms with Crippen molar-refractivity contribution in [1.82, 2.24) is 10.2 Å². The van der Waals surface area contributed by atoms with Crippen LogP contribution in [0.25, 0.3) is 0 Å². The van der Waals surface area contributed by atoms with Crippen LogP contribution in [0.4, 0.5) is 5.69 Å². The lowest BCUT2D eigenvalue weighted by Crippen LogP contribution is -2.50. The van der Waals surface area contributed by atoms with Gasteiger partial charge >= 0.3 is 0 Å². The molecule has 2 aliphatic carbocycles. The van der Waals surface area contributed by atoms with Crippen molar-refractivity contribution in [3.05, 3.63) is 42.0 Å². The first-order valence-corrected chi connectivity index (χ1v) is 12.5. The van der Waals surface area contributed by atoms with E-state index in [1.807, 2.05) is 50.3 Å². The Hall–Kier alpha value is -2.96. The van der Waals surface area contributed by atoms with Crippen molar-refractivity contribution in [3.8, 4) is 0 Å². The summed E-state index contributed by atoms with van der Waals surface area (Å²) in [6.07, 6.45) is 9.51. The fraction of sp³-hybridized carbons (Fsp3) is 0.556. The molecule has 182 valence electrons. The summed E-state index contributed by atoms with van der Waals surface area (Å²) in [7, 11) is 0. The maximum atomic E-state index is 13.2. The number of hydrogen-bond donors (Lipinski definition) is 2. The molecule has 3 unspecified atom stereocenters. The monoisotopic (exact) mass is 465 g/mol. The molecule has 1 aromatic rings. The second kappa shape index (κ2) is 10.5. The maximum Gasteiger partial charge on any atom is 0.243 e. The number of anilines is 1. The predicted octanol–water partition coefficient (Wildman–Crippen LogP) is 3.80. The van der Waals surface area contributed by atoms with Crippen LogP contribution in [-0.4, -0.2) is 34.6 Å². The maximum absolute atomic E-state index is 13.2. The lowest BCUT2D eigenvalue weighted by atomic mass is 9.85. The Bertz CT molecular complexity index is 954. The predicted molar refractivity (Wildman–Crippen MR) is 129 cm³/mol. The standard InChI is InChI=1S/C27H35N3O4/c1-17(2)14-23(30-26(33)21-12-5-6-13-22(21)27(30)34)25(32)28-16-18-8-7-11-20(15-18)29-24(31)19-9-3-4-10-19/h5-8,11,15,17,19,21-23H,3-4,9-10,12-14,16H2,1-2H3,(H,28,32)(H,29,31). The van der Waals surface area contributed by atoms with Gasteiger partial charge in [-0.2, -0.15) is 0 Å². The molecule has 4 rings (SSSR count). The van der Waals surface area contributed by atoms with Crippen LogP contribution in [0.3, 0.4) is 0 Å². The number of carbonyl (C=O) groups excluding carboxylic acids is 4. The second-order valence-corrected chi connectivity index (χ2v) is 10.2. The summed E-state index contributed by atoms with van der Waals surface area (Å²) >= 11 is 0. The fourth-order valence-electron chi connectivity index (χ4n) is 5.41. The Morgan fingerprint density at radius 2 is 1.68 bits per heavy atom. The van der Waals surface area contributed by atoms with Gasteiger partial charge in [-0.15, -0.1) is 0 Å². The zero-order valence-electron chi connectivity index (χ0n) is 20.1. The lowest BCUT2D eigenvalue weighted by molar-refractivity contribution is -0.148. The van der Waals surface area contributed by atoms with Gasteiger partial charge in [-0.3, -0.25) is 24.1 Å². The van der Waals surface area contributed by atoms with Crippen LogP contribution >= 0.6 is 0 Å². The lowest BCUT2D eigenvalue weighted by Gasteiger charge is -2.27. The van der Waals surface area contributed by atoms with Crippen LogP contribution in [-0.2, 0) is 25.7 Å². The summed E-state index contributed by atoms with van der Waals surface area (Å²) in [6, 6.07) is 6.63. The van der Waals surface area contributed by atoms with Gasteiger partial charge in [0, 0.05) is 18.2 Å². The van der Waals surface area contributed by atoms with E-state index in [0.717, 1.165) is 31.2 Å². The van der Waals surface area contributed by atoms with Gasteiger partial charge < -0.3 is 10.6 Å². The smallest absolute Gasteiger partial charge is 0.243 e. The number of amides is 4. The Morgan fingerprint density at radius 1 is 1.03 bits per heavy atom. The molecule has 0 spiro atoms. The number of likely N-dealkylation sites (tertiary alicyclic amines) is 1. The fourth-order valence-corrected chi connectivity index (χ4v) is 5.41. The average Bonchev–Trinajstić information content (AvgIpc) is 3.44. The first-order valence-electron chi connectivity index (χ1n) is 12.5. The number of rotatable bonds is 8. The summed E-state index contributed by atoms with van der Waals surface area (Å²) in [5.41, 5.74) is 1.56. The molecule has 1 aromatic carbocycles. The number of carbonyl (C=O) groups is 4. The Kier molecular flexibility index (Phi) is 7.49. The quantitative estimate of drug-likeness (QED) is 0.451. The minimum Gasteiger partial charge on any atom is -0.350 e. The van der Waals surface area contributed by atoms with E-state index in [0.29, 0.717) is 24.9 Å². The first-order chi connectivity index (χ1) is 16.3. The Balaban J connectivity index is 1.41. The van der Waals surface area contributed by atoms with Crippen LogP contribution in [0.5, 0.6) is 0 Å².